The number of hydrogen-bond donors (Lipinski definition) is 0. The number of likely N-dealkylation sites (tertiary alicyclic amines) is 1. The van der Waals surface area contributed by atoms with Gasteiger partial charge >= 0.3 is 0 Å². The molecule has 27 heavy (non-hydrogen) atoms. The minimum Gasteiger partial charge on any atom is -0.376 e. The molecule has 7 nitrogen and oxygen atoms in total. The minimum atomic E-state index is -0.195. The van der Waals surface area contributed by atoms with E-state index in [4.69, 9.17) is 4.74 Å². The van der Waals surface area contributed by atoms with Gasteiger partial charge in [-0.15, -0.1) is 5.10 Å². The highest BCUT2D eigenvalue weighted by Crippen LogP contribution is 2.31. The summed E-state index contributed by atoms with van der Waals surface area (Å²) < 4.78 is 7.69. The Morgan fingerprint density at radius 3 is 2.70 bits per heavy atom. The first kappa shape index (κ1) is 18.1. The van der Waals surface area contributed by atoms with Crippen LogP contribution in [0.1, 0.15) is 45.6 Å². The van der Waals surface area contributed by atoms with E-state index in [0.29, 0.717) is 6.61 Å². The van der Waals surface area contributed by atoms with Crippen molar-refractivity contribution in [3.63, 3.8) is 0 Å². The highest BCUT2D eigenvalue weighted by molar-refractivity contribution is 5.79. The van der Waals surface area contributed by atoms with E-state index in [-0.39, 0.29) is 23.5 Å². The highest BCUT2D eigenvalue weighted by Gasteiger charge is 2.36. The Bertz CT molecular complexity index is 781. The summed E-state index contributed by atoms with van der Waals surface area (Å²) in [5.74, 6) is 0.380. The first-order valence-electron chi connectivity index (χ1n) is 9.78. The molecule has 1 atom stereocenters. The Morgan fingerprint density at radius 2 is 2.00 bits per heavy atom. The predicted molar refractivity (Wildman–Crippen MR) is 101 cm³/mol. The lowest BCUT2D eigenvalue weighted by Gasteiger charge is -2.39. The van der Waals surface area contributed by atoms with Gasteiger partial charge in [-0.2, -0.15) is 0 Å². The smallest absolute Gasteiger partial charge is 0.225 e. The Balaban J connectivity index is 1.35. The van der Waals surface area contributed by atoms with Crippen LogP contribution in [0.2, 0.25) is 0 Å². The Kier molecular flexibility index (Phi) is 4.95. The van der Waals surface area contributed by atoms with Crippen LogP contribution >= 0.6 is 0 Å². The number of ether oxygens (including phenoxy) is 1. The maximum absolute atomic E-state index is 12.9. The molecule has 0 unspecified atom stereocenters. The Morgan fingerprint density at radius 1 is 1.19 bits per heavy atom. The summed E-state index contributed by atoms with van der Waals surface area (Å²) in [7, 11) is 0. The number of nitrogens with zero attached hydrogens (tertiary/aromatic N) is 5. The lowest BCUT2D eigenvalue weighted by molar-refractivity contribution is -0.146. The first-order valence-corrected chi connectivity index (χ1v) is 9.78. The molecule has 0 aromatic carbocycles. The number of rotatable bonds is 3. The topological polar surface area (TPSA) is 73.1 Å². The average Bonchev–Trinajstić information content (AvgIpc) is 3.18. The second kappa shape index (κ2) is 7.38. The van der Waals surface area contributed by atoms with E-state index < -0.39 is 0 Å². The lowest BCUT2D eigenvalue weighted by Crippen LogP contribution is -2.46. The average molecular weight is 369 g/mol. The van der Waals surface area contributed by atoms with Crippen LogP contribution in [0.5, 0.6) is 0 Å². The van der Waals surface area contributed by atoms with Crippen LogP contribution in [0, 0.1) is 5.92 Å². The summed E-state index contributed by atoms with van der Waals surface area (Å²) in [4.78, 5) is 19.3. The molecule has 1 amide bonds. The molecule has 2 aliphatic heterocycles. The van der Waals surface area contributed by atoms with Crippen molar-refractivity contribution in [2.75, 3.05) is 19.7 Å². The largest absolute Gasteiger partial charge is 0.376 e. The molecule has 2 aromatic heterocycles. The number of carbonyl (C=O) groups excluding carboxylic acids is 1. The molecule has 0 aliphatic carbocycles. The molecule has 2 aliphatic rings. The highest BCUT2D eigenvalue weighted by atomic mass is 16.5. The Hall–Kier alpha value is -2.28. The van der Waals surface area contributed by atoms with Crippen molar-refractivity contribution in [2.24, 2.45) is 5.92 Å². The fourth-order valence-electron chi connectivity index (χ4n) is 4.14. The van der Waals surface area contributed by atoms with Gasteiger partial charge in [-0.1, -0.05) is 11.3 Å². The third kappa shape index (κ3) is 4.03. The van der Waals surface area contributed by atoms with E-state index in [1.807, 2.05) is 34.0 Å². The third-order valence-corrected chi connectivity index (χ3v) is 5.63. The molecule has 0 radical (unpaired) electrons. The van der Waals surface area contributed by atoms with Crippen LogP contribution in [0.4, 0.5) is 0 Å². The van der Waals surface area contributed by atoms with Crippen molar-refractivity contribution in [3.05, 3.63) is 30.6 Å². The van der Waals surface area contributed by atoms with Crippen molar-refractivity contribution in [2.45, 2.75) is 51.2 Å². The van der Waals surface area contributed by atoms with Gasteiger partial charge in [-0.25, -0.2) is 4.68 Å². The second-order valence-electron chi connectivity index (χ2n) is 8.15. The molecule has 0 spiro atoms. The maximum atomic E-state index is 12.9. The van der Waals surface area contributed by atoms with Crippen molar-refractivity contribution in [3.8, 4) is 11.4 Å². The van der Waals surface area contributed by atoms with Gasteiger partial charge in [0.2, 0.25) is 5.91 Å². The molecule has 4 rings (SSSR count). The monoisotopic (exact) mass is 369 g/mol. The van der Waals surface area contributed by atoms with Crippen molar-refractivity contribution in [1.29, 1.82) is 0 Å². The van der Waals surface area contributed by atoms with Crippen molar-refractivity contribution >= 4 is 5.91 Å². The van der Waals surface area contributed by atoms with Gasteiger partial charge in [0, 0.05) is 31.8 Å². The maximum Gasteiger partial charge on any atom is 0.225 e. The Labute approximate surface area is 159 Å². The number of piperidine rings is 1. The van der Waals surface area contributed by atoms with Crippen LogP contribution in [-0.2, 0) is 9.53 Å². The van der Waals surface area contributed by atoms with Crippen molar-refractivity contribution in [1.82, 2.24) is 24.9 Å². The van der Waals surface area contributed by atoms with Gasteiger partial charge < -0.3 is 9.64 Å². The number of aromatic nitrogens is 4. The molecular weight excluding hydrogens is 342 g/mol. The normalized spacial score (nSPS) is 23.3. The number of carbonyl (C=O) groups is 1. The molecule has 0 bridgehead atoms. The van der Waals surface area contributed by atoms with Gasteiger partial charge in [-0.05, 0) is 51.7 Å². The molecule has 2 saturated heterocycles. The SMILES string of the molecule is CC1(C)C[C@@H](C(=O)N2CCC(n3cc(-c4ccccn4)nn3)CC2)CCO1. The quantitative estimate of drug-likeness (QED) is 0.832. The van der Waals surface area contributed by atoms with Crippen LogP contribution in [0.15, 0.2) is 30.6 Å². The molecule has 0 N–H and O–H groups in total. The molecule has 4 heterocycles. The fourth-order valence-corrected chi connectivity index (χ4v) is 4.14. The first-order chi connectivity index (χ1) is 13.0. The second-order valence-corrected chi connectivity index (χ2v) is 8.15. The van der Waals surface area contributed by atoms with Crippen LogP contribution in [0.25, 0.3) is 11.4 Å². The fraction of sp³-hybridized carbons (Fsp3) is 0.600. The molecule has 144 valence electrons. The number of hydrogen-bond acceptors (Lipinski definition) is 5. The standard InChI is InChI=1S/C20H27N5O2/c1-20(2)13-15(8-12-27-20)19(26)24-10-6-16(7-11-24)25-14-18(22-23-25)17-5-3-4-9-21-17/h3-5,9,14-16H,6-8,10-13H2,1-2H3/t15-/m0/s1. The zero-order valence-corrected chi connectivity index (χ0v) is 16.0. The van der Waals surface area contributed by atoms with Gasteiger partial charge in [0.25, 0.3) is 0 Å². The van der Waals surface area contributed by atoms with E-state index >= 15 is 0 Å². The van der Waals surface area contributed by atoms with Crippen LogP contribution in [0.3, 0.4) is 0 Å². The van der Waals surface area contributed by atoms with Gasteiger partial charge in [-0.3, -0.25) is 9.78 Å². The third-order valence-electron chi connectivity index (χ3n) is 5.63. The summed E-state index contributed by atoms with van der Waals surface area (Å²) in [6, 6.07) is 6.05. The zero-order chi connectivity index (χ0) is 18.9. The van der Waals surface area contributed by atoms with E-state index in [1.54, 1.807) is 6.20 Å². The minimum absolute atomic E-state index is 0.0902. The van der Waals surface area contributed by atoms with E-state index in [0.717, 1.165) is 50.2 Å². The summed E-state index contributed by atoms with van der Waals surface area (Å²) in [5, 5.41) is 8.56. The van der Waals surface area contributed by atoms with Gasteiger partial charge in [0.05, 0.1) is 23.5 Å². The lowest BCUT2D eigenvalue weighted by atomic mass is 9.87. The summed E-state index contributed by atoms with van der Waals surface area (Å²) in [6.07, 6.45) is 7.18. The molecule has 0 saturated carbocycles. The molecular formula is C20H27N5O2. The molecule has 2 aromatic rings. The van der Waals surface area contributed by atoms with E-state index in [9.17, 15) is 4.79 Å². The number of amides is 1. The van der Waals surface area contributed by atoms with Gasteiger partial charge in [0.15, 0.2) is 0 Å². The number of pyridine rings is 1. The molecule has 2 fully saturated rings. The summed E-state index contributed by atoms with van der Waals surface area (Å²) >= 11 is 0. The van der Waals surface area contributed by atoms with Crippen LogP contribution < -0.4 is 0 Å². The van der Waals surface area contributed by atoms with E-state index in [1.165, 1.54) is 0 Å². The van der Waals surface area contributed by atoms with Gasteiger partial charge in [0.1, 0.15) is 5.69 Å². The summed E-state index contributed by atoms with van der Waals surface area (Å²) in [5.41, 5.74) is 1.43. The summed E-state index contributed by atoms with van der Waals surface area (Å²) in [6.45, 7) is 6.38. The van der Waals surface area contributed by atoms with Crippen LogP contribution in [-0.4, -0.2) is 56.1 Å². The zero-order valence-electron chi connectivity index (χ0n) is 16.0. The predicted octanol–water partition coefficient (Wildman–Crippen LogP) is 2.71. The van der Waals surface area contributed by atoms with E-state index in [2.05, 4.69) is 29.1 Å². The molecule has 7 heteroatoms. The van der Waals surface area contributed by atoms with Crippen molar-refractivity contribution < 1.29 is 9.53 Å².